The van der Waals surface area contributed by atoms with Gasteiger partial charge in [0.15, 0.2) is 0 Å². The molecule has 250 valence electrons. The summed E-state index contributed by atoms with van der Waals surface area (Å²) in [5.74, 6) is -9.61. The van der Waals surface area contributed by atoms with E-state index in [0.717, 1.165) is 12.1 Å². The Morgan fingerprint density at radius 3 is 1.60 bits per heavy atom. The number of nitrogens with one attached hydrogen (secondary N) is 1. The van der Waals surface area contributed by atoms with Crippen molar-refractivity contribution in [3.8, 4) is 5.75 Å². The Morgan fingerprint density at radius 2 is 1.21 bits per heavy atom. The average Bonchev–Trinajstić information content (AvgIpc) is 2.82. The largest absolute Gasteiger partial charge is 0.602 e. The zero-order chi connectivity index (χ0) is 34.5. The number of sulfonamides is 2. The molecule has 0 spiro atoms. The lowest BCUT2D eigenvalue weighted by Crippen LogP contribution is -3.14. The third kappa shape index (κ3) is 6.83. The summed E-state index contributed by atoms with van der Waals surface area (Å²) in [6.07, 6.45) is -0.0633. The van der Waals surface area contributed by atoms with Crippen LogP contribution in [0, 0.1) is 16.0 Å². The quantitative estimate of drug-likeness (QED) is 0.148. The first kappa shape index (κ1) is 38.7. The van der Waals surface area contributed by atoms with Crippen LogP contribution < -0.4 is 8.06 Å². The van der Waals surface area contributed by atoms with Crippen LogP contribution in [0.15, 0.2) is 24.3 Å². The molecule has 0 radical (unpaired) electrons. The van der Waals surface area contributed by atoms with E-state index in [1.807, 2.05) is 0 Å². The first-order valence-corrected chi connectivity index (χ1v) is 15.5. The summed E-state index contributed by atoms with van der Waals surface area (Å²) in [6, 6.07) is 2.94. The number of halogens is 9. The van der Waals surface area contributed by atoms with Crippen molar-refractivity contribution in [3.05, 3.63) is 35.0 Å². The van der Waals surface area contributed by atoms with Gasteiger partial charge in [-0.2, -0.15) is 64.8 Å². The topological polar surface area (TPSA) is 165 Å². The summed E-state index contributed by atoms with van der Waals surface area (Å²) in [7, 11) is -23.5. The van der Waals surface area contributed by atoms with Gasteiger partial charge in [0.05, 0.1) is 12.0 Å². The molecule has 0 fully saturated rings. The number of esters is 1. The first-order chi connectivity index (χ1) is 18.7. The molecule has 23 heteroatoms. The molecule has 0 aromatic heterocycles. The molecular formula is C20H24F9NO10S3. The number of alkyl halides is 9. The van der Waals surface area contributed by atoms with Crippen molar-refractivity contribution in [1.82, 2.24) is 0 Å². The van der Waals surface area contributed by atoms with Crippen molar-refractivity contribution in [2.75, 3.05) is 6.61 Å². The maximum Gasteiger partial charge on any atom is 0.550 e. The minimum atomic E-state index is -8.36. The molecule has 1 rings (SSSR count). The van der Waals surface area contributed by atoms with Crippen LogP contribution in [-0.2, 0) is 46.1 Å². The highest BCUT2D eigenvalue weighted by atomic mass is 32.3. The van der Waals surface area contributed by atoms with Crippen molar-refractivity contribution in [1.29, 1.82) is 0 Å². The molecule has 0 heterocycles. The van der Waals surface area contributed by atoms with Gasteiger partial charge >= 0.3 is 58.1 Å². The predicted molar refractivity (Wildman–Crippen MR) is 127 cm³/mol. The number of carbonyl (C=O) groups excluding carboxylic acids is 1. The molecule has 0 bridgehead atoms. The van der Waals surface area contributed by atoms with Gasteiger partial charge in [-0.05, 0) is 37.0 Å². The van der Waals surface area contributed by atoms with Crippen LogP contribution in [0.5, 0.6) is 5.75 Å². The highest BCUT2D eigenvalue weighted by Crippen LogP contribution is 2.50. The second kappa shape index (κ2) is 11.5. The van der Waals surface area contributed by atoms with Crippen molar-refractivity contribution < 1.29 is 82.4 Å². The monoisotopic (exact) mass is 705 g/mol. The maximum absolute atomic E-state index is 14.2. The molecule has 43 heavy (non-hydrogen) atoms. The van der Waals surface area contributed by atoms with Crippen LogP contribution in [0.2, 0.25) is 0 Å². The fraction of sp³-hybridized carbons (Fsp3) is 0.650. The van der Waals surface area contributed by atoms with E-state index in [9.17, 15) is 74.8 Å². The van der Waals surface area contributed by atoms with E-state index in [4.69, 9.17) is 4.74 Å². The van der Waals surface area contributed by atoms with Crippen LogP contribution in [0.3, 0.4) is 0 Å². The van der Waals surface area contributed by atoms with Gasteiger partial charge in [-0.1, -0.05) is 32.9 Å². The summed E-state index contributed by atoms with van der Waals surface area (Å²) in [6.45, 7) is 8.33. The van der Waals surface area contributed by atoms with Crippen LogP contribution in [-0.4, -0.2) is 59.8 Å². The maximum atomic E-state index is 14.2. The average molecular weight is 706 g/mol. The Bertz CT molecular complexity index is 1520. The second-order valence-corrected chi connectivity index (χ2v) is 15.8. The number of quaternary nitrogens is 1. The highest BCUT2D eigenvalue weighted by Gasteiger charge is 2.85. The van der Waals surface area contributed by atoms with Gasteiger partial charge in [0.2, 0.25) is 0 Å². The van der Waals surface area contributed by atoms with E-state index in [1.54, 1.807) is 34.6 Å². The Hall–Kier alpha value is -2.37. The molecule has 1 aromatic carbocycles. The smallest absolute Gasteiger partial charge is 0.550 e. The van der Waals surface area contributed by atoms with E-state index >= 15 is 0 Å². The third-order valence-corrected chi connectivity index (χ3v) is 11.3. The molecule has 0 aliphatic carbocycles. The molecule has 1 aromatic rings. The van der Waals surface area contributed by atoms with Crippen LogP contribution in [0.4, 0.5) is 39.5 Å². The lowest BCUT2D eigenvalue weighted by molar-refractivity contribution is -0.561. The van der Waals surface area contributed by atoms with E-state index in [-0.39, 0.29) is 18.6 Å². The fourth-order valence-corrected chi connectivity index (χ4v) is 6.07. The normalized spacial score (nSPS) is 15.6. The number of hydrogen-bond donors (Lipinski definition) is 1. The van der Waals surface area contributed by atoms with Crippen molar-refractivity contribution in [3.63, 3.8) is 0 Å². The van der Waals surface area contributed by atoms with Gasteiger partial charge in [0.25, 0.3) is 0 Å². The van der Waals surface area contributed by atoms with Gasteiger partial charge in [0.1, 0.15) is 5.75 Å². The van der Waals surface area contributed by atoms with Crippen molar-refractivity contribution in [2.45, 2.75) is 63.0 Å². The molecule has 0 saturated carbocycles. The molecule has 0 saturated heterocycles. The lowest BCUT2D eigenvalue weighted by Gasteiger charge is -2.36. The Balaban J connectivity index is 3.22. The fourth-order valence-electron chi connectivity index (χ4n) is 2.48. The first-order valence-electron chi connectivity index (χ1n) is 11.2. The van der Waals surface area contributed by atoms with Gasteiger partial charge in [-0.25, -0.2) is 0 Å². The van der Waals surface area contributed by atoms with Gasteiger partial charge in [0, 0.05) is 6.42 Å². The van der Waals surface area contributed by atoms with Gasteiger partial charge in [-0.15, -0.1) is 3.87 Å². The summed E-state index contributed by atoms with van der Waals surface area (Å²) >= 11 is 0. The van der Waals surface area contributed by atoms with E-state index in [2.05, 4.69) is 4.18 Å². The zero-order valence-electron chi connectivity index (χ0n) is 22.4. The standard InChI is InChI=1S/C20H24F9NO10S3/c1-15(2,3)16(4,5)14(31)39-11-10-12-6-8-13(9-7-12)40-43(37,38)19(25,26)17(21,22)18(23,24)41(33,34)30(32)42(35,36)20(27,28)29/h6-9,30H,10-11H2,1-5H3. The molecule has 0 aliphatic rings. The summed E-state index contributed by atoms with van der Waals surface area (Å²) < 4.78 is 195. The SMILES string of the molecule is CC(C)(C)C(C)(C)C(=O)OCCc1ccc(OS(=O)(=O)C(F)(F)C(F)(F)C(F)(F)S(=O)(=O)[NH+]([O-])S(=O)(=O)C(F)(F)F)cc1. The predicted octanol–water partition coefficient (Wildman–Crippen LogP) is 2.94. The number of ether oxygens (including phenoxy) is 1. The molecule has 1 atom stereocenters. The van der Waals surface area contributed by atoms with Gasteiger partial charge in [-0.3, -0.25) is 4.79 Å². The molecule has 11 nitrogen and oxygen atoms in total. The summed E-state index contributed by atoms with van der Waals surface area (Å²) in [5.41, 5.74) is -8.16. The number of carbonyl (C=O) groups is 1. The number of hydrogen-bond acceptors (Lipinski definition) is 10. The molecular weight excluding hydrogens is 681 g/mol. The van der Waals surface area contributed by atoms with Gasteiger partial charge < -0.3 is 14.1 Å². The minimum Gasteiger partial charge on any atom is -0.602 e. The molecule has 0 aliphatic heterocycles. The second-order valence-electron chi connectivity index (χ2n) is 10.3. The van der Waals surface area contributed by atoms with Crippen molar-refractivity contribution in [2.24, 2.45) is 10.8 Å². The van der Waals surface area contributed by atoms with E-state index in [0.29, 0.717) is 12.1 Å². The highest BCUT2D eigenvalue weighted by molar-refractivity contribution is 7.98. The number of benzene rings is 1. The lowest BCUT2D eigenvalue weighted by atomic mass is 9.69. The minimum absolute atomic E-state index is 0.0633. The van der Waals surface area contributed by atoms with Crippen molar-refractivity contribution >= 4 is 36.1 Å². The van der Waals surface area contributed by atoms with Crippen LogP contribution in [0.1, 0.15) is 40.2 Å². The van der Waals surface area contributed by atoms with Crippen LogP contribution >= 0.6 is 0 Å². The number of rotatable bonds is 12. The Kier molecular flexibility index (Phi) is 10.4. The summed E-state index contributed by atoms with van der Waals surface area (Å²) in [5, 5.41) is -3.87. The molecule has 1 N–H and O–H groups in total. The molecule has 1 unspecified atom stereocenters. The summed E-state index contributed by atoms with van der Waals surface area (Å²) in [4.78, 5) is 12.3. The van der Waals surface area contributed by atoms with E-state index in [1.165, 1.54) is 0 Å². The van der Waals surface area contributed by atoms with E-state index < -0.39 is 78.5 Å². The Labute approximate surface area is 239 Å². The molecule has 0 amide bonds. The zero-order valence-corrected chi connectivity index (χ0v) is 24.9. The Morgan fingerprint density at radius 1 is 0.767 bits per heavy atom. The van der Waals surface area contributed by atoms with Crippen LogP contribution in [0.25, 0.3) is 0 Å². The third-order valence-electron chi connectivity index (χ3n) is 6.26.